The number of benzene rings is 1. The van der Waals surface area contributed by atoms with Crippen LogP contribution in [0.2, 0.25) is 0 Å². The van der Waals surface area contributed by atoms with E-state index in [1.807, 2.05) is 0 Å². The summed E-state index contributed by atoms with van der Waals surface area (Å²) in [5, 5.41) is 8.82. The molecule has 0 heterocycles. The lowest BCUT2D eigenvalue weighted by Gasteiger charge is -2.16. The van der Waals surface area contributed by atoms with Gasteiger partial charge in [-0.05, 0) is 6.07 Å². The Kier molecular flexibility index (Phi) is 3.92. The van der Waals surface area contributed by atoms with E-state index in [4.69, 9.17) is 5.11 Å². The second-order valence-corrected chi connectivity index (χ2v) is 3.34. The first-order valence-corrected chi connectivity index (χ1v) is 4.52. The Morgan fingerprint density at radius 3 is 2.35 bits per heavy atom. The molecule has 0 aliphatic rings. The minimum atomic E-state index is -4.85. The maximum absolute atomic E-state index is 13.1. The molecule has 1 rings (SSSR count). The molecule has 0 fully saturated rings. The molecule has 0 bridgehead atoms. The highest BCUT2D eigenvalue weighted by atomic mass is 19.4. The molecular weight excluding hydrogens is 247 g/mol. The summed E-state index contributed by atoms with van der Waals surface area (Å²) in [5.41, 5.74) is -0.380. The molecule has 0 saturated heterocycles. The van der Waals surface area contributed by atoms with Gasteiger partial charge in [0.1, 0.15) is 5.82 Å². The molecule has 0 spiro atoms. The standard InChI is InChI=1S/C10H9F5O2/c1-17-9-5(2-6(11)4-7(9)12)3-8(16)10(13,14)15/h2,4,8,16H,3H2,1H3. The molecule has 1 N–H and O–H groups in total. The van der Waals surface area contributed by atoms with Crippen LogP contribution in [-0.2, 0) is 6.42 Å². The molecule has 0 amide bonds. The highest BCUT2D eigenvalue weighted by Crippen LogP contribution is 2.29. The van der Waals surface area contributed by atoms with Crippen LogP contribution in [0, 0.1) is 11.6 Å². The maximum Gasteiger partial charge on any atom is 0.414 e. The van der Waals surface area contributed by atoms with Crippen LogP contribution >= 0.6 is 0 Å². The van der Waals surface area contributed by atoms with Crippen LogP contribution < -0.4 is 4.74 Å². The van der Waals surface area contributed by atoms with Gasteiger partial charge in [0.15, 0.2) is 17.7 Å². The highest BCUT2D eigenvalue weighted by Gasteiger charge is 2.38. The summed E-state index contributed by atoms with van der Waals surface area (Å²) in [6, 6.07) is 1.18. The van der Waals surface area contributed by atoms with Crippen molar-refractivity contribution < 1.29 is 31.8 Å². The van der Waals surface area contributed by atoms with Gasteiger partial charge < -0.3 is 9.84 Å². The van der Waals surface area contributed by atoms with E-state index in [1.54, 1.807) is 0 Å². The van der Waals surface area contributed by atoms with Crippen LogP contribution in [0.5, 0.6) is 5.75 Å². The van der Waals surface area contributed by atoms with E-state index in [9.17, 15) is 22.0 Å². The number of alkyl halides is 3. The Morgan fingerprint density at radius 1 is 1.29 bits per heavy atom. The number of hydrogen-bond donors (Lipinski definition) is 1. The normalized spacial score (nSPS) is 13.6. The van der Waals surface area contributed by atoms with Gasteiger partial charge in [0.05, 0.1) is 7.11 Å². The topological polar surface area (TPSA) is 29.5 Å². The third kappa shape index (κ3) is 3.29. The average Bonchev–Trinajstić information content (AvgIpc) is 2.15. The lowest BCUT2D eigenvalue weighted by molar-refractivity contribution is -0.203. The first-order valence-electron chi connectivity index (χ1n) is 4.52. The first-order chi connectivity index (χ1) is 7.75. The molecule has 0 aliphatic carbocycles. The summed E-state index contributed by atoms with van der Waals surface area (Å²) in [5.74, 6) is -2.65. The summed E-state index contributed by atoms with van der Waals surface area (Å²) >= 11 is 0. The van der Waals surface area contributed by atoms with Crippen molar-refractivity contribution in [1.29, 1.82) is 0 Å². The summed E-state index contributed by atoms with van der Waals surface area (Å²) in [7, 11) is 1.04. The predicted molar refractivity (Wildman–Crippen MR) is 48.7 cm³/mol. The molecule has 17 heavy (non-hydrogen) atoms. The zero-order chi connectivity index (χ0) is 13.2. The third-order valence-electron chi connectivity index (χ3n) is 2.08. The van der Waals surface area contributed by atoms with E-state index in [1.165, 1.54) is 0 Å². The van der Waals surface area contributed by atoms with E-state index in [0.717, 1.165) is 7.11 Å². The first kappa shape index (κ1) is 13.7. The van der Waals surface area contributed by atoms with Crippen LogP contribution in [0.1, 0.15) is 5.56 Å². The molecule has 0 radical (unpaired) electrons. The molecule has 2 nitrogen and oxygen atoms in total. The molecule has 1 aromatic rings. The van der Waals surface area contributed by atoms with Gasteiger partial charge in [-0.15, -0.1) is 0 Å². The van der Waals surface area contributed by atoms with E-state index in [0.29, 0.717) is 12.1 Å². The number of rotatable bonds is 3. The zero-order valence-electron chi connectivity index (χ0n) is 8.68. The Hall–Kier alpha value is -1.37. The van der Waals surface area contributed by atoms with Crippen LogP contribution in [0.25, 0.3) is 0 Å². The van der Waals surface area contributed by atoms with Crippen molar-refractivity contribution in [2.75, 3.05) is 7.11 Å². The number of methoxy groups -OCH3 is 1. The smallest absolute Gasteiger partial charge is 0.414 e. The van der Waals surface area contributed by atoms with Gasteiger partial charge in [0.2, 0.25) is 0 Å². The number of aliphatic hydroxyl groups is 1. The largest absolute Gasteiger partial charge is 0.493 e. The fourth-order valence-electron chi connectivity index (χ4n) is 1.32. The molecule has 96 valence electrons. The number of aliphatic hydroxyl groups excluding tert-OH is 1. The number of ether oxygens (including phenoxy) is 1. The predicted octanol–water partition coefficient (Wildman–Crippen LogP) is 2.44. The molecule has 0 aliphatic heterocycles. The van der Waals surface area contributed by atoms with Gasteiger partial charge in [-0.1, -0.05) is 0 Å². The fraction of sp³-hybridized carbons (Fsp3) is 0.400. The number of halogens is 5. The maximum atomic E-state index is 13.1. The molecule has 1 atom stereocenters. The zero-order valence-corrected chi connectivity index (χ0v) is 8.68. The van der Waals surface area contributed by atoms with E-state index >= 15 is 0 Å². The van der Waals surface area contributed by atoms with E-state index < -0.39 is 36.1 Å². The summed E-state index contributed by atoms with van der Waals surface area (Å²) in [6.45, 7) is 0. The van der Waals surface area contributed by atoms with Crippen molar-refractivity contribution in [3.63, 3.8) is 0 Å². The molecular formula is C10H9F5O2. The van der Waals surface area contributed by atoms with Crippen molar-refractivity contribution in [3.05, 3.63) is 29.3 Å². The minimum absolute atomic E-state index is 0.380. The van der Waals surface area contributed by atoms with Crippen LogP contribution in [0.3, 0.4) is 0 Å². The van der Waals surface area contributed by atoms with Crippen molar-refractivity contribution >= 4 is 0 Å². The van der Waals surface area contributed by atoms with Gasteiger partial charge in [0, 0.05) is 18.1 Å². The number of hydrogen-bond acceptors (Lipinski definition) is 2. The van der Waals surface area contributed by atoms with Crippen LogP contribution in [0.15, 0.2) is 12.1 Å². The highest BCUT2D eigenvalue weighted by molar-refractivity contribution is 5.36. The molecule has 1 unspecified atom stereocenters. The second kappa shape index (κ2) is 4.87. The quantitative estimate of drug-likeness (QED) is 0.842. The van der Waals surface area contributed by atoms with Gasteiger partial charge in [-0.25, -0.2) is 8.78 Å². The Morgan fingerprint density at radius 2 is 1.88 bits per heavy atom. The van der Waals surface area contributed by atoms with E-state index in [2.05, 4.69) is 4.74 Å². The van der Waals surface area contributed by atoms with Crippen molar-refractivity contribution in [3.8, 4) is 5.75 Å². The van der Waals surface area contributed by atoms with Crippen molar-refractivity contribution in [1.82, 2.24) is 0 Å². The monoisotopic (exact) mass is 256 g/mol. The van der Waals surface area contributed by atoms with Gasteiger partial charge in [0.25, 0.3) is 0 Å². The lowest BCUT2D eigenvalue weighted by Crippen LogP contribution is -2.30. The third-order valence-corrected chi connectivity index (χ3v) is 2.08. The van der Waals surface area contributed by atoms with Gasteiger partial charge in [-0.3, -0.25) is 0 Å². The van der Waals surface area contributed by atoms with Crippen molar-refractivity contribution in [2.45, 2.75) is 18.7 Å². The Labute approximate surface area is 93.6 Å². The van der Waals surface area contributed by atoms with Crippen molar-refractivity contribution in [2.24, 2.45) is 0 Å². The Bertz CT molecular complexity index is 402. The molecule has 1 aromatic carbocycles. The second-order valence-electron chi connectivity index (χ2n) is 3.34. The molecule has 0 aromatic heterocycles. The molecule has 7 heteroatoms. The van der Waals surface area contributed by atoms with Gasteiger partial charge >= 0.3 is 6.18 Å². The fourth-order valence-corrected chi connectivity index (χ4v) is 1.32. The minimum Gasteiger partial charge on any atom is -0.493 e. The van der Waals surface area contributed by atoms with Crippen LogP contribution in [-0.4, -0.2) is 24.5 Å². The van der Waals surface area contributed by atoms with E-state index in [-0.39, 0.29) is 5.56 Å². The Balaban J connectivity index is 3.05. The van der Waals surface area contributed by atoms with Crippen LogP contribution in [0.4, 0.5) is 22.0 Å². The summed E-state index contributed by atoms with van der Waals surface area (Å²) in [4.78, 5) is 0. The summed E-state index contributed by atoms with van der Waals surface area (Å²) in [6.07, 6.45) is -8.52. The molecule has 0 saturated carbocycles. The summed E-state index contributed by atoms with van der Waals surface area (Å²) < 4.78 is 66.8. The van der Waals surface area contributed by atoms with Gasteiger partial charge in [-0.2, -0.15) is 13.2 Å². The lowest BCUT2D eigenvalue weighted by atomic mass is 10.1. The average molecular weight is 256 g/mol. The SMILES string of the molecule is COc1c(F)cc(F)cc1CC(O)C(F)(F)F.